The number of esters is 1. The van der Waals surface area contributed by atoms with Crippen molar-refractivity contribution in [3.05, 3.63) is 0 Å². The lowest BCUT2D eigenvalue weighted by Gasteiger charge is -2.35. The Morgan fingerprint density at radius 2 is 1.88 bits per heavy atom. The fraction of sp³-hybridized carbons (Fsp3) is 0.765. The van der Waals surface area contributed by atoms with Gasteiger partial charge in [-0.15, -0.1) is 0 Å². The van der Waals surface area contributed by atoms with Crippen molar-refractivity contribution in [1.82, 2.24) is 10.2 Å². The van der Waals surface area contributed by atoms with Gasteiger partial charge in [-0.05, 0) is 32.1 Å². The summed E-state index contributed by atoms with van der Waals surface area (Å²) in [6, 6.07) is -0.873. The standard InChI is InChI=1S/C17H26N2O6/c20-14(7-4-8-15(21)22)19-10-9-18-17(24)13(19)11-16(23)25-12-5-2-1-3-6-12/h12-13H,1-11H2,(H,18,24)(H,21,22). The highest BCUT2D eigenvalue weighted by Crippen LogP contribution is 2.21. The zero-order valence-electron chi connectivity index (χ0n) is 14.4. The molecule has 2 amide bonds. The Morgan fingerprint density at radius 3 is 2.56 bits per heavy atom. The molecule has 1 saturated heterocycles. The van der Waals surface area contributed by atoms with Crippen molar-refractivity contribution < 1.29 is 29.0 Å². The van der Waals surface area contributed by atoms with E-state index in [2.05, 4.69) is 5.32 Å². The number of ether oxygens (including phenoxy) is 1. The van der Waals surface area contributed by atoms with Crippen LogP contribution in [0.3, 0.4) is 0 Å². The van der Waals surface area contributed by atoms with Crippen LogP contribution in [0.2, 0.25) is 0 Å². The van der Waals surface area contributed by atoms with Crippen LogP contribution >= 0.6 is 0 Å². The molecule has 2 aliphatic rings. The number of carbonyl (C=O) groups excluding carboxylic acids is 3. The normalized spacial score (nSPS) is 21.5. The van der Waals surface area contributed by atoms with Gasteiger partial charge in [0.05, 0.1) is 6.42 Å². The van der Waals surface area contributed by atoms with Crippen molar-refractivity contribution in [3.8, 4) is 0 Å². The summed E-state index contributed by atoms with van der Waals surface area (Å²) < 4.78 is 5.45. The predicted molar refractivity (Wildman–Crippen MR) is 87.6 cm³/mol. The molecule has 1 atom stereocenters. The van der Waals surface area contributed by atoms with Gasteiger partial charge in [-0.2, -0.15) is 0 Å². The maximum atomic E-state index is 12.3. The summed E-state index contributed by atoms with van der Waals surface area (Å²) in [5.74, 6) is -2.08. The van der Waals surface area contributed by atoms with E-state index in [-0.39, 0.29) is 43.6 Å². The summed E-state index contributed by atoms with van der Waals surface area (Å²) >= 11 is 0. The van der Waals surface area contributed by atoms with Crippen LogP contribution in [0.15, 0.2) is 0 Å². The summed E-state index contributed by atoms with van der Waals surface area (Å²) in [4.78, 5) is 48.5. The highest BCUT2D eigenvalue weighted by Gasteiger charge is 2.35. The third-order valence-corrected chi connectivity index (χ3v) is 4.64. The minimum absolute atomic E-state index is 0.0494. The van der Waals surface area contributed by atoms with Crippen LogP contribution in [0, 0.1) is 0 Å². The molecule has 1 aliphatic heterocycles. The van der Waals surface area contributed by atoms with Crippen molar-refractivity contribution in [2.45, 2.75) is 69.9 Å². The Morgan fingerprint density at radius 1 is 1.16 bits per heavy atom. The third-order valence-electron chi connectivity index (χ3n) is 4.64. The summed E-state index contributed by atoms with van der Waals surface area (Å²) in [5, 5.41) is 11.3. The molecule has 2 N–H and O–H groups in total. The number of amides is 2. The fourth-order valence-corrected chi connectivity index (χ4v) is 3.33. The molecule has 0 aromatic carbocycles. The largest absolute Gasteiger partial charge is 0.481 e. The summed E-state index contributed by atoms with van der Waals surface area (Å²) in [7, 11) is 0. The van der Waals surface area contributed by atoms with E-state index in [0.717, 1.165) is 32.1 Å². The number of aliphatic carboxylic acids is 1. The molecular formula is C17H26N2O6. The molecule has 1 saturated carbocycles. The van der Waals surface area contributed by atoms with Gasteiger partial charge in [-0.3, -0.25) is 19.2 Å². The van der Waals surface area contributed by atoms with Gasteiger partial charge in [-0.25, -0.2) is 0 Å². The van der Waals surface area contributed by atoms with E-state index < -0.39 is 18.0 Å². The van der Waals surface area contributed by atoms with Gasteiger partial charge in [0.15, 0.2) is 0 Å². The van der Waals surface area contributed by atoms with Gasteiger partial charge in [0.2, 0.25) is 11.8 Å². The Labute approximate surface area is 146 Å². The molecule has 25 heavy (non-hydrogen) atoms. The monoisotopic (exact) mass is 354 g/mol. The van der Waals surface area contributed by atoms with Gasteiger partial charge in [0.25, 0.3) is 0 Å². The molecule has 1 heterocycles. The van der Waals surface area contributed by atoms with E-state index in [0.29, 0.717) is 13.1 Å². The number of carboxylic acid groups (broad SMARTS) is 1. The van der Waals surface area contributed by atoms with Crippen molar-refractivity contribution in [1.29, 1.82) is 0 Å². The molecule has 0 radical (unpaired) electrons. The average Bonchev–Trinajstić information content (AvgIpc) is 2.57. The van der Waals surface area contributed by atoms with Gasteiger partial charge in [-0.1, -0.05) is 6.42 Å². The summed E-state index contributed by atoms with van der Waals surface area (Å²) in [6.07, 6.45) is 4.84. The van der Waals surface area contributed by atoms with Crippen LogP contribution < -0.4 is 5.32 Å². The van der Waals surface area contributed by atoms with Crippen LogP contribution in [0.1, 0.15) is 57.8 Å². The second-order valence-electron chi connectivity index (χ2n) is 6.60. The van der Waals surface area contributed by atoms with E-state index in [4.69, 9.17) is 9.84 Å². The average molecular weight is 354 g/mol. The smallest absolute Gasteiger partial charge is 0.308 e. The molecular weight excluding hydrogens is 328 g/mol. The quantitative estimate of drug-likeness (QED) is 0.655. The van der Waals surface area contributed by atoms with Crippen LogP contribution in [-0.4, -0.2) is 59.0 Å². The van der Waals surface area contributed by atoms with Crippen molar-refractivity contribution >= 4 is 23.8 Å². The molecule has 2 fully saturated rings. The fourth-order valence-electron chi connectivity index (χ4n) is 3.33. The van der Waals surface area contributed by atoms with Crippen LogP contribution in [0.25, 0.3) is 0 Å². The maximum absolute atomic E-state index is 12.3. The zero-order valence-corrected chi connectivity index (χ0v) is 14.4. The number of piperazine rings is 1. The first kappa shape index (κ1) is 19.2. The Balaban J connectivity index is 1.89. The lowest BCUT2D eigenvalue weighted by atomic mass is 9.98. The SMILES string of the molecule is O=C(O)CCCC(=O)N1CCNC(=O)C1CC(=O)OC1CCCCC1. The number of nitrogens with zero attached hydrogens (tertiary/aromatic N) is 1. The lowest BCUT2D eigenvalue weighted by molar-refractivity contribution is -0.156. The van der Waals surface area contributed by atoms with Gasteiger partial charge < -0.3 is 20.1 Å². The van der Waals surface area contributed by atoms with Gasteiger partial charge in [0, 0.05) is 25.9 Å². The van der Waals surface area contributed by atoms with E-state index >= 15 is 0 Å². The number of carboxylic acids is 1. The minimum Gasteiger partial charge on any atom is -0.481 e. The van der Waals surface area contributed by atoms with Crippen LogP contribution in [0.5, 0.6) is 0 Å². The molecule has 1 unspecified atom stereocenters. The van der Waals surface area contributed by atoms with Crippen molar-refractivity contribution in [3.63, 3.8) is 0 Å². The predicted octanol–water partition coefficient (Wildman–Crippen LogP) is 0.834. The zero-order chi connectivity index (χ0) is 18.2. The van der Waals surface area contributed by atoms with Crippen LogP contribution in [0.4, 0.5) is 0 Å². The van der Waals surface area contributed by atoms with E-state index in [1.807, 2.05) is 0 Å². The molecule has 8 nitrogen and oxygen atoms in total. The molecule has 0 aromatic rings. The Hall–Kier alpha value is -2.12. The number of hydrogen-bond acceptors (Lipinski definition) is 5. The second-order valence-corrected chi connectivity index (χ2v) is 6.60. The molecule has 140 valence electrons. The Kier molecular flexibility index (Phi) is 7.21. The first-order valence-electron chi connectivity index (χ1n) is 8.96. The Bertz CT molecular complexity index is 515. The number of carbonyl (C=O) groups is 4. The summed E-state index contributed by atoms with van der Waals surface area (Å²) in [5.41, 5.74) is 0. The van der Waals surface area contributed by atoms with Crippen molar-refractivity contribution in [2.24, 2.45) is 0 Å². The molecule has 2 rings (SSSR count). The van der Waals surface area contributed by atoms with Crippen LogP contribution in [-0.2, 0) is 23.9 Å². The second kappa shape index (κ2) is 9.39. The highest BCUT2D eigenvalue weighted by molar-refractivity contribution is 5.92. The maximum Gasteiger partial charge on any atom is 0.308 e. The number of nitrogens with one attached hydrogen (secondary N) is 1. The molecule has 0 spiro atoms. The third kappa shape index (κ3) is 6.03. The van der Waals surface area contributed by atoms with E-state index in [9.17, 15) is 19.2 Å². The topological polar surface area (TPSA) is 113 Å². The summed E-state index contributed by atoms with van der Waals surface area (Å²) in [6.45, 7) is 0.650. The number of rotatable bonds is 7. The molecule has 8 heteroatoms. The molecule has 0 aromatic heterocycles. The molecule has 0 bridgehead atoms. The van der Waals surface area contributed by atoms with Gasteiger partial charge in [0.1, 0.15) is 12.1 Å². The first-order chi connectivity index (χ1) is 12.0. The molecule has 1 aliphatic carbocycles. The van der Waals surface area contributed by atoms with E-state index in [1.54, 1.807) is 0 Å². The van der Waals surface area contributed by atoms with Crippen molar-refractivity contribution in [2.75, 3.05) is 13.1 Å². The number of hydrogen-bond donors (Lipinski definition) is 2. The minimum atomic E-state index is -0.961. The van der Waals surface area contributed by atoms with E-state index in [1.165, 1.54) is 4.90 Å². The first-order valence-corrected chi connectivity index (χ1v) is 8.96. The van der Waals surface area contributed by atoms with Gasteiger partial charge >= 0.3 is 11.9 Å². The lowest BCUT2D eigenvalue weighted by Crippen LogP contribution is -2.57. The highest BCUT2D eigenvalue weighted by atomic mass is 16.5.